The normalized spacial score (nSPS) is 20.7. The number of benzene rings is 1. The standard InChI is InChI=1S/C14H17NO4S/c1-14(2)15(11(9-20-14)12(16)17)13(18)19-8-10-6-4-3-5-7-10/h3-7,11H,8-9H2,1-2H3,(H,16,17)/t11-/m1/s1. The first kappa shape index (κ1) is 14.7. The van der Waals surface area contributed by atoms with Crippen molar-refractivity contribution in [1.29, 1.82) is 0 Å². The second-order valence-electron chi connectivity index (χ2n) is 5.02. The number of hydrogen-bond acceptors (Lipinski definition) is 4. The Morgan fingerprint density at radius 1 is 1.40 bits per heavy atom. The summed E-state index contributed by atoms with van der Waals surface area (Å²) in [5, 5.41) is 9.19. The molecule has 0 unspecified atom stereocenters. The Kier molecular flexibility index (Phi) is 4.23. The van der Waals surface area contributed by atoms with Gasteiger partial charge in [0.05, 0.1) is 4.87 Å². The second-order valence-corrected chi connectivity index (χ2v) is 6.64. The molecule has 0 saturated carbocycles. The fourth-order valence-corrected chi connectivity index (χ4v) is 3.32. The summed E-state index contributed by atoms with van der Waals surface area (Å²) in [5.41, 5.74) is 0.873. The summed E-state index contributed by atoms with van der Waals surface area (Å²) >= 11 is 1.44. The van der Waals surface area contributed by atoms with Gasteiger partial charge in [-0.2, -0.15) is 0 Å². The van der Waals surface area contributed by atoms with E-state index in [1.807, 2.05) is 44.2 Å². The van der Waals surface area contributed by atoms with Crippen LogP contribution in [0.5, 0.6) is 0 Å². The van der Waals surface area contributed by atoms with Crippen LogP contribution >= 0.6 is 11.8 Å². The van der Waals surface area contributed by atoms with E-state index in [0.717, 1.165) is 5.56 Å². The molecule has 0 aromatic heterocycles. The number of carboxylic acid groups (broad SMARTS) is 1. The molecule has 1 fully saturated rings. The molecular weight excluding hydrogens is 278 g/mol. The number of ether oxygens (including phenoxy) is 1. The summed E-state index contributed by atoms with van der Waals surface area (Å²) in [5.74, 6) is -0.622. The van der Waals surface area contributed by atoms with E-state index in [1.54, 1.807) is 0 Å². The van der Waals surface area contributed by atoms with Crippen molar-refractivity contribution in [2.75, 3.05) is 5.75 Å². The van der Waals surface area contributed by atoms with E-state index in [-0.39, 0.29) is 6.61 Å². The Balaban J connectivity index is 2.04. The van der Waals surface area contributed by atoms with Crippen LogP contribution in [-0.4, -0.2) is 38.7 Å². The molecule has 5 nitrogen and oxygen atoms in total. The van der Waals surface area contributed by atoms with E-state index >= 15 is 0 Å². The zero-order valence-corrected chi connectivity index (χ0v) is 12.2. The van der Waals surface area contributed by atoms with Crippen molar-refractivity contribution in [2.45, 2.75) is 31.4 Å². The van der Waals surface area contributed by atoms with Gasteiger partial charge in [0, 0.05) is 5.75 Å². The van der Waals surface area contributed by atoms with Crippen molar-refractivity contribution in [2.24, 2.45) is 0 Å². The number of thioether (sulfide) groups is 1. The number of carboxylic acids is 1. The highest BCUT2D eigenvalue weighted by molar-refractivity contribution is 8.00. The van der Waals surface area contributed by atoms with Crippen LogP contribution in [0.15, 0.2) is 30.3 Å². The third-order valence-electron chi connectivity index (χ3n) is 3.17. The lowest BCUT2D eigenvalue weighted by Crippen LogP contribution is -2.49. The molecule has 1 atom stereocenters. The van der Waals surface area contributed by atoms with Gasteiger partial charge in [-0.05, 0) is 19.4 Å². The third-order valence-corrected chi connectivity index (χ3v) is 4.56. The summed E-state index contributed by atoms with van der Waals surface area (Å²) in [6.45, 7) is 3.79. The van der Waals surface area contributed by atoms with Gasteiger partial charge >= 0.3 is 12.1 Å². The molecule has 0 radical (unpaired) electrons. The first-order valence-electron chi connectivity index (χ1n) is 6.28. The minimum absolute atomic E-state index is 0.142. The Labute approximate surface area is 121 Å². The maximum Gasteiger partial charge on any atom is 0.411 e. The van der Waals surface area contributed by atoms with Crippen molar-refractivity contribution in [3.8, 4) is 0 Å². The molecule has 108 valence electrons. The molecule has 1 aromatic carbocycles. The monoisotopic (exact) mass is 295 g/mol. The minimum atomic E-state index is -1.00. The summed E-state index contributed by atoms with van der Waals surface area (Å²) < 4.78 is 5.24. The van der Waals surface area contributed by atoms with Crippen molar-refractivity contribution in [3.05, 3.63) is 35.9 Å². The molecule has 1 amide bonds. The molecule has 1 aliphatic heterocycles. The number of hydrogen-bond donors (Lipinski definition) is 1. The highest BCUT2D eigenvalue weighted by atomic mass is 32.2. The molecule has 0 spiro atoms. The molecule has 0 aliphatic carbocycles. The van der Waals surface area contributed by atoms with Gasteiger partial charge in [0.25, 0.3) is 0 Å². The Hall–Kier alpha value is -1.69. The fourth-order valence-electron chi connectivity index (χ4n) is 2.12. The van der Waals surface area contributed by atoms with Crippen LogP contribution in [0.25, 0.3) is 0 Å². The maximum absolute atomic E-state index is 12.2. The molecule has 1 aromatic rings. The van der Waals surface area contributed by atoms with Gasteiger partial charge in [-0.15, -0.1) is 11.8 Å². The molecule has 1 saturated heterocycles. The lowest BCUT2D eigenvalue weighted by molar-refractivity contribution is -0.142. The Bertz CT molecular complexity index is 503. The van der Waals surface area contributed by atoms with Crippen LogP contribution in [-0.2, 0) is 16.1 Å². The summed E-state index contributed by atoms with van der Waals surface area (Å²) in [7, 11) is 0. The van der Waals surface area contributed by atoms with Crippen LogP contribution in [0.1, 0.15) is 19.4 Å². The fraction of sp³-hybridized carbons (Fsp3) is 0.429. The number of nitrogens with zero attached hydrogens (tertiary/aromatic N) is 1. The van der Waals surface area contributed by atoms with Crippen molar-refractivity contribution in [3.63, 3.8) is 0 Å². The van der Waals surface area contributed by atoms with E-state index in [0.29, 0.717) is 5.75 Å². The number of amides is 1. The predicted octanol–water partition coefficient (Wildman–Crippen LogP) is 2.56. The molecule has 1 heterocycles. The van der Waals surface area contributed by atoms with Gasteiger partial charge in [0.1, 0.15) is 12.6 Å². The number of carbonyl (C=O) groups excluding carboxylic acids is 1. The lowest BCUT2D eigenvalue weighted by Gasteiger charge is -2.32. The van der Waals surface area contributed by atoms with Gasteiger partial charge in [-0.1, -0.05) is 30.3 Å². The first-order chi connectivity index (χ1) is 9.42. The zero-order valence-electron chi connectivity index (χ0n) is 11.4. The summed E-state index contributed by atoms with van der Waals surface area (Å²) in [4.78, 5) is 24.1. The lowest BCUT2D eigenvalue weighted by atomic mass is 10.2. The van der Waals surface area contributed by atoms with E-state index in [9.17, 15) is 14.7 Å². The van der Waals surface area contributed by atoms with E-state index in [2.05, 4.69) is 0 Å². The van der Waals surface area contributed by atoms with Gasteiger partial charge in [0.15, 0.2) is 0 Å². The maximum atomic E-state index is 12.2. The van der Waals surface area contributed by atoms with Gasteiger partial charge < -0.3 is 9.84 Å². The average molecular weight is 295 g/mol. The quantitative estimate of drug-likeness (QED) is 0.928. The SMILES string of the molecule is CC1(C)SC[C@H](C(=O)O)N1C(=O)OCc1ccccc1. The first-order valence-corrected chi connectivity index (χ1v) is 7.27. The number of aliphatic carboxylic acids is 1. The molecular formula is C14H17NO4S. The topological polar surface area (TPSA) is 66.8 Å². The molecule has 1 N–H and O–H groups in total. The number of rotatable bonds is 3. The van der Waals surface area contributed by atoms with E-state index in [1.165, 1.54) is 16.7 Å². The Morgan fingerprint density at radius 3 is 2.65 bits per heavy atom. The highest BCUT2D eigenvalue weighted by Gasteiger charge is 2.47. The van der Waals surface area contributed by atoms with Crippen LogP contribution in [0.2, 0.25) is 0 Å². The highest BCUT2D eigenvalue weighted by Crippen LogP contribution is 2.39. The van der Waals surface area contributed by atoms with Crippen molar-refractivity contribution < 1.29 is 19.4 Å². The molecule has 0 bridgehead atoms. The summed E-state index contributed by atoms with van der Waals surface area (Å²) in [6, 6.07) is 8.47. The van der Waals surface area contributed by atoms with Crippen molar-refractivity contribution >= 4 is 23.8 Å². The smallest absolute Gasteiger partial charge is 0.411 e. The molecule has 6 heteroatoms. The van der Waals surface area contributed by atoms with E-state index in [4.69, 9.17) is 4.74 Å². The third kappa shape index (κ3) is 3.07. The second kappa shape index (κ2) is 5.75. The molecule has 20 heavy (non-hydrogen) atoms. The van der Waals surface area contributed by atoms with Crippen LogP contribution in [0.4, 0.5) is 4.79 Å². The van der Waals surface area contributed by atoms with Crippen LogP contribution in [0, 0.1) is 0 Å². The van der Waals surface area contributed by atoms with Gasteiger partial charge in [0.2, 0.25) is 0 Å². The number of carbonyl (C=O) groups is 2. The van der Waals surface area contributed by atoms with Crippen LogP contribution in [0.3, 0.4) is 0 Å². The Morgan fingerprint density at radius 2 is 2.05 bits per heavy atom. The van der Waals surface area contributed by atoms with Crippen LogP contribution < -0.4 is 0 Å². The van der Waals surface area contributed by atoms with Gasteiger partial charge in [-0.3, -0.25) is 4.90 Å². The molecule has 2 rings (SSSR count). The minimum Gasteiger partial charge on any atom is -0.480 e. The predicted molar refractivity (Wildman–Crippen MR) is 76.4 cm³/mol. The molecule has 1 aliphatic rings. The summed E-state index contributed by atoms with van der Waals surface area (Å²) in [6.07, 6.45) is -0.587. The largest absolute Gasteiger partial charge is 0.480 e. The van der Waals surface area contributed by atoms with E-state index < -0.39 is 23.0 Å². The van der Waals surface area contributed by atoms with Gasteiger partial charge in [-0.25, -0.2) is 9.59 Å². The van der Waals surface area contributed by atoms with Crippen molar-refractivity contribution in [1.82, 2.24) is 4.90 Å². The zero-order chi connectivity index (χ0) is 14.8. The average Bonchev–Trinajstić information content (AvgIpc) is 2.73.